The van der Waals surface area contributed by atoms with Gasteiger partial charge in [-0.05, 0) is 30.5 Å². The van der Waals surface area contributed by atoms with Crippen LogP contribution in [0.25, 0.3) is 10.9 Å². The van der Waals surface area contributed by atoms with Gasteiger partial charge in [-0.25, -0.2) is 13.2 Å². The number of nitrogens with zero attached hydrogens (tertiary/aromatic N) is 4. The molecule has 0 bridgehead atoms. The monoisotopic (exact) mass is 436 g/mol. The molecule has 2 aromatic heterocycles. The summed E-state index contributed by atoms with van der Waals surface area (Å²) in [5.74, 6) is 2.81. The van der Waals surface area contributed by atoms with Gasteiger partial charge in [-0.1, -0.05) is 17.9 Å². The Morgan fingerprint density at radius 2 is 2.03 bits per heavy atom. The minimum absolute atomic E-state index is 0.185. The van der Waals surface area contributed by atoms with Crippen molar-refractivity contribution in [1.82, 2.24) is 14.5 Å². The number of rotatable bonds is 2. The van der Waals surface area contributed by atoms with Gasteiger partial charge in [0.25, 0.3) is 5.92 Å². The van der Waals surface area contributed by atoms with Crippen molar-refractivity contribution in [2.24, 2.45) is 5.92 Å². The maximum Gasteiger partial charge on any atom is 0.250 e. The lowest BCUT2D eigenvalue weighted by Crippen LogP contribution is -2.34. The molecule has 0 spiro atoms. The topological polar surface area (TPSA) is 81.7 Å². The standard InChI is InChI=1S/C23H19F3N6/c24-17-4-1-5-18-20(17)21(30-22(28)32(18)13-27)31-8-2-3-16-15(11-29-12-19(16)31)7-6-14-9-23(25,26)10-14/h1,4-5,11-14,27-28H,2-3,8-10H2. The summed E-state index contributed by atoms with van der Waals surface area (Å²) in [4.78, 5) is 10.4. The minimum atomic E-state index is -2.62. The quantitative estimate of drug-likeness (QED) is 0.362. The Morgan fingerprint density at radius 1 is 1.22 bits per heavy atom. The van der Waals surface area contributed by atoms with E-state index < -0.39 is 11.7 Å². The summed E-state index contributed by atoms with van der Waals surface area (Å²) in [5.41, 5.74) is 2.48. The normalized spacial score (nSPS) is 17.3. The van der Waals surface area contributed by atoms with Crippen LogP contribution in [0.3, 0.4) is 0 Å². The molecule has 6 nitrogen and oxygen atoms in total. The van der Waals surface area contributed by atoms with E-state index in [0.717, 1.165) is 24.7 Å². The molecule has 1 aliphatic carbocycles. The van der Waals surface area contributed by atoms with Gasteiger partial charge >= 0.3 is 0 Å². The Kier molecular flexibility index (Phi) is 4.73. The second kappa shape index (κ2) is 7.48. The molecule has 2 N–H and O–H groups in total. The van der Waals surface area contributed by atoms with E-state index in [9.17, 15) is 13.2 Å². The highest BCUT2D eigenvalue weighted by atomic mass is 19.3. The average Bonchev–Trinajstić information content (AvgIpc) is 2.75. The molecule has 0 unspecified atom stereocenters. The molecule has 3 heterocycles. The Balaban J connectivity index is 1.62. The number of hydrogen-bond donors (Lipinski definition) is 2. The highest BCUT2D eigenvalue weighted by Gasteiger charge is 2.44. The molecule has 1 saturated carbocycles. The zero-order chi connectivity index (χ0) is 22.5. The van der Waals surface area contributed by atoms with E-state index >= 15 is 0 Å². The Labute approximate surface area is 181 Å². The summed E-state index contributed by atoms with van der Waals surface area (Å²) in [6.45, 7) is 0.547. The van der Waals surface area contributed by atoms with Crippen LogP contribution in [-0.2, 0) is 6.42 Å². The lowest BCUT2D eigenvalue weighted by Gasteiger charge is -2.32. The van der Waals surface area contributed by atoms with Crippen LogP contribution in [0.4, 0.5) is 24.7 Å². The molecule has 32 heavy (non-hydrogen) atoms. The van der Waals surface area contributed by atoms with Crippen molar-refractivity contribution in [2.75, 3.05) is 11.4 Å². The number of hydrogen-bond acceptors (Lipinski definition) is 5. The lowest BCUT2D eigenvalue weighted by molar-refractivity contribution is -0.0936. The summed E-state index contributed by atoms with van der Waals surface area (Å²) in [6.07, 6.45) is 5.26. The summed E-state index contributed by atoms with van der Waals surface area (Å²) in [5, 5.41) is 16.0. The third kappa shape index (κ3) is 3.32. The van der Waals surface area contributed by atoms with Crippen LogP contribution >= 0.6 is 0 Å². The fourth-order valence-electron chi connectivity index (χ4n) is 4.36. The van der Waals surface area contributed by atoms with Gasteiger partial charge in [-0.2, -0.15) is 4.98 Å². The largest absolute Gasteiger partial charge is 0.324 e. The van der Waals surface area contributed by atoms with Crippen LogP contribution < -0.4 is 10.5 Å². The predicted octanol–water partition coefficient (Wildman–Crippen LogP) is 3.99. The molecule has 9 heteroatoms. The molecule has 1 fully saturated rings. The number of nitrogens with one attached hydrogen (secondary N) is 2. The first-order valence-corrected chi connectivity index (χ1v) is 10.3. The average molecular weight is 436 g/mol. The van der Waals surface area contributed by atoms with E-state index in [1.165, 1.54) is 16.7 Å². The van der Waals surface area contributed by atoms with Gasteiger partial charge < -0.3 is 4.90 Å². The van der Waals surface area contributed by atoms with Gasteiger partial charge in [0.2, 0.25) is 5.62 Å². The number of benzene rings is 1. The molecule has 0 radical (unpaired) electrons. The van der Waals surface area contributed by atoms with Crippen LogP contribution in [0.1, 0.15) is 30.4 Å². The Hall–Kier alpha value is -3.67. The van der Waals surface area contributed by atoms with Crippen molar-refractivity contribution in [3.8, 4) is 11.8 Å². The lowest BCUT2D eigenvalue weighted by atomic mass is 9.82. The molecular weight excluding hydrogens is 417 g/mol. The molecule has 3 aromatic rings. The van der Waals surface area contributed by atoms with E-state index in [4.69, 9.17) is 10.8 Å². The van der Waals surface area contributed by atoms with E-state index in [0.29, 0.717) is 23.3 Å². The number of alkyl halides is 2. The summed E-state index contributed by atoms with van der Waals surface area (Å²) in [7, 11) is 0. The molecule has 162 valence electrons. The second-order valence-corrected chi connectivity index (χ2v) is 8.06. The number of halogens is 3. The molecule has 0 atom stereocenters. The van der Waals surface area contributed by atoms with E-state index in [1.807, 2.05) is 4.90 Å². The van der Waals surface area contributed by atoms with Crippen LogP contribution in [0.2, 0.25) is 0 Å². The van der Waals surface area contributed by atoms with Gasteiger partial charge in [0.05, 0.1) is 29.1 Å². The number of fused-ring (bicyclic) bond motifs is 2. The molecule has 0 amide bonds. The first-order chi connectivity index (χ1) is 15.4. The van der Waals surface area contributed by atoms with Crippen LogP contribution in [-0.4, -0.2) is 33.3 Å². The SMILES string of the molecule is N=Cn1c(=N)nc(N2CCCc3c(C#CC4CC(F)(F)C4)cncc32)c2c(F)cccc21. The molecule has 0 saturated heterocycles. The van der Waals surface area contributed by atoms with E-state index in [2.05, 4.69) is 21.8 Å². The maximum atomic E-state index is 14.9. The highest BCUT2D eigenvalue weighted by molar-refractivity contribution is 5.95. The molecule has 5 rings (SSSR count). The third-order valence-corrected chi connectivity index (χ3v) is 5.93. The molecule has 1 aromatic carbocycles. The van der Waals surface area contributed by atoms with Crippen molar-refractivity contribution >= 4 is 28.7 Å². The first kappa shape index (κ1) is 20.2. The zero-order valence-corrected chi connectivity index (χ0v) is 17.0. The molecule has 2 aliphatic rings. The summed E-state index contributed by atoms with van der Waals surface area (Å²) >= 11 is 0. The van der Waals surface area contributed by atoms with Gasteiger partial charge in [0, 0.05) is 37.1 Å². The fraction of sp³-hybridized carbons (Fsp3) is 0.304. The summed E-state index contributed by atoms with van der Waals surface area (Å²) in [6, 6.07) is 4.50. The van der Waals surface area contributed by atoms with Gasteiger partial charge in [-0.15, -0.1) is 0 Å². The van der Waals surface area contributed by atoms with Crippen LogP contribution in [0.15, 0.2) is 30.6 Å². The van der Waals surface area contributed by atoms with Crippen LogP contribution in [0.5, 0.6) is 0 Å². The van der Waals surface area contributed by atoms with Crippen molar-refractivity contribution in [3.05, 3.63) is 53.2 Å². The summed E-state index contributed by atoms with van der Waals surface area (Å²) < 4.78 is 42.4. The Morgan fingerprint density at radius 3 is 2.78 bits per heavy atom. The smallest absolute Gasteiger partial charge is 0.250 e. The first-order valence-electron chi connectivity index (χ1n) is 10.3. The van der Waals surface area contributed by atoms with E-state index in [-0.39, 0.29) is 35.6 Å². The van der Waals surface area contributed by atoms with Gasteiger partial charge in [0.15, 0.2) is 0 Å². The minimum Gasteiger partial charge on any atom is -0.324 e. The third-order valence-electron chi connectivity index (χ3n) is 5.93. The van der Waals surface area contributed by atoms with Crippen molar-refractivity contribution in [2.45, 2.75) is 31.6 Å². The van der Waals surface area contributed by atoms with Crippen molar-refractivity contribution in [3.63, 3.8) is 0 Å². The zero-order valence-electron chi connectivity index (χ0n) is 17.0. The molecule has 1 aliphatic heterocycles. The Bertz CT molecular complexity index is 1360. The maximum absolute atomic E-state index is 14.9. The number of pyridine rings is 1. The van der Waals surface area contributed by atoms with Gasteiger partial charge in [0.1, 0.15) is 11.6 Å². The molecular formula is C23H19F3N6. The van der Waals surface area contributed by atoms with E-state index in [1.54, 1.807) is 18.5 Å². The van der Waals surface area contributed by atoms with Crippen LogP contribution in [0, 0.1) is 34.4 Å². The van der Waals surface area contributed by atoms with Crippen molar-refractivity contribution < 1.29 is 13.2 Å². The van der Waals surface area contributed by atoms with Gasteiger partial charge in [-0.3, -0.25) is 20.4 Å². The predicted molar refractivity (Wildman–Crippen MR) is 114 cm³/mol. The van der Waals surface area contributed by atoms with Crippen molar-refractivity contribution in [1.29, 1.82) is 10.8 Å². The fourth-order valence-corrected chi connectivity index (χ4v) is 4.36. The highest BCUT2D eigenvalue weighted by Crippen LogP contribution is 2.42. The number of anilines is 2. The number of aromatic nitrogens is 3. The second-order valence-electron chi connectivity index (χ2n) is 8.06.